The first-order valence-corrected chi connectivity index (χ1v) is 10.5. The molecule has 0 atom stereocenters. The van der Waals surface area contributed by atoms with Gasteiger partial charge in [-0.05, 0) is 44.3 Å². The number of benzene rings is 1. The lowest BCUT2D eigenvalue weighted by Crippen LogP contribution is -2.25. The fraction of sp³-hybridized carbons (Fsp3) is 0.409. The minimum absolute atomic E-state index is 0.0503. The maximum atomic E-state index is 14.5. The van der Waals surface area contributed by atoms with Crippen LogP contribution in [0.25, 0.3) is 16.7 Å². The maximum Gasteiger partial charge on any atom is 0.256 e. The largest absolute Gasteiger partial charge is 0.354 e. The lowest BCUT2D eigenvalue weighted by Gasteiger charge is -2.17. The summed E-state index contributed by atoms with van der Waals surface area (Å²) in [6, 6.07) is 5.45. The molecular formula is C22H28F3N5O. The molecule has 3 rings (SSSR count). The van der Waals surface area contributed by atoms with Crippen LogP contribution in [0.1, 0.15) is 34.1 Å². The molecule has 0 amide bonds. The van der Waals surface area contributed by atoms with Gasteiger partial charge in [-0.3, -0.25) is 9.36 Å². The minimum Gasteiger partial charge on any atom is -0.354 e. The third kappa shape index (κ3) is 5.61. The van der Waals surface area contributed by atoms with Crippen molar-refractivity contribution in [3.63, 3.8) is 0 Å². The number of fused-ring (bicyclic) bond motifs is 1. The molecule has 0 saturated heterocycles. The van der Waals surface area contributed by atoms with Crippen LogP contribution in [0.3, 0.4) is 0 Å². The summed E-state index contributed by atoms with van der Waals surface area (Å²) < 4.78 is 43.8. The fourth-order valence-corrected chi connectivity index (χ4v) is 3.12. The molecule has 6 nitrogen and oxygen atoms in total. The highest BCUT2D eigenvalue weighted by Gasteiger charge is 2.18. The van der Waals surface area contributed by atoms with E-state index in [1.54, 1.807) is 0 Å². The van der Waals surface area contributed by atoms with Crippen molar-refractivity contribution in [3.05, 3.63) is 58.3 Å². The van der Waals surface area contributed by atoms with Crippen LogP contribution in [-0.4, -0.2) is 45.6 Å². The molecule has 0 aliphatic rings. The summed E-state index contributed by atoms with van der Waals surface area (Å²) in [6.45, 7) is 11.3. The fourth-order valence-electron chi connectivity index (χ4n) is 3.12. The van der Waals surface area contributed by atoms with Crippen LogP contribution < -0.4 is 10.9 Å². The first-order chi connectivity index (χ1) is 15.0. The smallest absolute Gasteiger partial charge is 0.256 e. The quantitative estimate of drug-likeness (QED) is 0.421. The second-order valence-electron chi connectivity index (χ2n) is 6.46. The third-order valence-electron chi connectivity index (χ3n) is 4.69. The van der Waals surface area contributed by atoms with Crippen LogP contribution >= 0.6 is 0 Å². The predicted molar refractivity (Wildman–Crippen MR) is 117 cm³/mol. The Bertz CT molecular complexity index is 1050. The van der Waals surface area contributed by atoms with E-state index in [4.69, 9.17) is 0 Å². The van der Waals surface area contributed by atoms with Crippen LogP contribution in [0.4, 0.5) is 19.1 Å². The molecule has 2 heterocycles. The van der Waals surface area contributed by atoms with E-state index in [9.17, 15) is 18.0 Å². The number of para-hydroxylation sites is 1. The second kappa shape index (κ2) is 11.5. The molecule has 0 radical (unpaired) electrons. The number of nitrogens with one attached hydrogen (secondary N) is 1. The topological polar surface area (TPSA) is 63.1 Å². The molecule has 0 fully saturated rings. The first-order valence-electron chi connectivity index (χ1n) is 10.5. The van der Waals surface area contributed by atoms with Gasteiger partial charge in [0.15, 0.2) is 5.65 Å². The van der Waals surface area contributed by atoms with E-state index in [1.165, 1.54) is 12.1 Å². The molecule has 0 saturated carbocycles. The van der Waals surface area contributed by atoms with E-state index < -0.39 is 28.8 Å². The lowest BCUT2D eigenvalue weighted by molar-refractivity contribution is 0.303. The molecule has 168 valence electrons. The van der Waals surface area contributed by atoms with Crippen molar-refractivity contribution in [1.29, 1.82) is 0 Å². The number of hydrogen-bond donors (Lipinski definition) is 1. The number of aromatic nitrogens is 3. The molecular weight excluding hydrogens is 407 g/mol. The normalized spacial score (nSPS) is 10.8. The summed E-state index contributed by atoms with van der Waals surface area (Å²) in [6.07, 6.45) is 0.772. The molecule has 0 bridgehead atoms. The Morgan fingerprint density at radius 3 is 2.26 bits per heavy atom. The minimum atomic E-state index is -0.952. The van der Waals surface area contributed by atoms with Gasteiger partial charge in [0.25, 0.3) is 5.56 Å². The third-order valence-corrected chi connectivity index (χ3v) is 4.69. The number of pyridine rings is 1. The highest BCUT2D eigenvalue weighted by molar-refractivity contribution is 5.77. The maximum absolute atomic E-state index is 14.5. The van der Waals surface area contributed by atoms with Crippen molar-refractivity contribution in [3.8, 4) is 5.69 Å². The number of rotatable bonds is 8. The van der Waals surface area contributed by atoms with E-state index in [0.717, 1.165) is 48.8 Å². The van der Waals surface area contributed by atoms with E-state index in [-0.39, 0.29) is 17.0 Å². The second-order valence-corrected chi connectivity index (χ2v) is 6.46. The van der Waals surface area contributed by atoms with Crippen LogP contribution in [0.15, 0.2) is 35.1 Å². The van der Waals surface area contributed by atoms with Crippen LogP contribution in [-0.2, 0) is 0 Å². The van der Waals surface area contributed by atoms with Gasteiger partial charge in [-0.25, -0.2) is 8.78 Å². The standard InChI is InChI=1S/C20H22F3N5O.C2H6/c1-3-27(4-2)12-6-11-24-20-25-18(23)13-9-10-16(29)28(19(13)26-20)17-14(21)7-5-8-15(17)22;1-2/h5,7-10H,3-4,6,11-12H2,1-2H3,(H,24,25,26);1-2H3. The van der Waals surface area contributed by atoms with Gasteiger partial charge in [-0.2, -0.15) is 14.4 Å². The summed E-state index contributed by atoms with van der Waals surface area (Å²) in [5, 5.41) is 2.81. The summed E-state index contributed by atoms with van der Waals surface area (Å²) in [7, 11) is 0. The predicted octanol–water partition coefficient (Wildman–Crippen LogP) is 4.37. The average Bonchev–Trinajstić information content (AvgIpc) is 2.76. The zero-order valence-electron chi connectivity index (χ0n) is 18.3. The van der Waals surface area contributed by atoms with Gasteiger partial charge in [-0.15, -0.1) is 0 Å². The summed E-state index contributed by atoms with van der Waals surface area (Å²) in [5.74, 6) is -2.84. The lowest BCUT2D eigenvalue weighted by atomic mass is 10.2. The van der Waals surface area contributed by atoms with Crippen LogP contribution in [0, 0.1) is 17.6 Å². The molecule has 3 aromatic rings. The Labute approximate surface area is 179 Å². The van der Waals surface area contributed by atoms with E-state index in [1.807, 2.05) is 13.8 Å². The Kier molecular flexibility index (Phi) is 8.99. The van der Waals surface area contributed by atoms with Crippen molar-refractivity contribution in [1.82, 2.24) is 19.4 Å². The highest BCUT2D eigenvalue weighted by Crippen LogP contribution is 2.22. The molecule has 0 unspecified atom stereocenters. The van der Waals surface area contributed by atoms with Gasteiger partial charge in [0.1, 0.15) is 17.3 Å². The summed E-state index contributed by atoms with van der Waals surface area (Å²) >= 11 is 0. The molecule has 0 aliphatic carbocycles. The first kappa shape index (κ1) is 24.3. The van der Waals surface area contributed by atoms with Crippen molar-refractivity contribution in [2.75, 3.05) is 31.5 Å². The Balaban J connectivity index is 0.00000166. The van der Waals surface area contributed by atoms with Gasteiger partial charge in [-0.1, -0.05) is 33.8 Å². The van der Waals surface area contributed by atoms with E-state index >= 15 is 0 Å². The van der Waals surface area contributed by atoms with Gasteiger partial charge in [0.05, 0.1) is 5.39 Å². The monoisotopic (exact) mass is 435 g/mol. The van der Waals surface area contributed by atoms with Crippen molar-refractivity contribution in [2.24, 2.45) is 0 Å². The molecule has 1 aromatic carbocycles. The molecule has 9 heteroatoms. The van der Waals surface area contributed by atoms with Crippen LogP contribution in [0.2, 0.25) is 0 Å². The zero-order chi connectivity index (χ0) is 23.0. The molecule has 2 aromatic heterocycles. The Hall–Kier alpha value is -2.94. The van der Waals surface area contributed by atoms with Gasteiger partial charge >= 0.3 is 0 Å². The Morgan fingerprint density at radius 1 is 1.00 bits per heavy atom. The zero-order valence-corrected chi connectivity index (χ0v) is 18.3. The SMILES string of the molecule is CC.CCN(CC)CCCNc1nc(F)c2ccc(=O)n(-c3c(F)cccc3F)c2n1. The van der Waals surface area contributed by atoms with E-state index in [0.29, 0.717) is 6.54 Å². The number of anilines is 1. The number of hydrogen-bond acceptors (Lipinski definition) is 5. The molecule has 0 aliphatic heterocycles. The van der Waals surface area contributed by atoms with Gasteiger partial charge < -0.3 is 10.2 Å². The van der Waals surface area contributed by atoms with E-state index in [2.05, 4.69) is 34.0 Å². The molecule has 31 heavy (non-hydrogen) atoms. The van der Waals surface area contributed by atoms with Gasteiger partial charge in [0, 0.05) is 12.6 Å². The van der Waals surface area contributed by atoms with Crippen LogP contribution in [0.5, 0.6) is 0 Å². The number of halogens is 3. The summed E-state index contributed by atoms with van der Waals surface area (Å²) in [5.41, 5.74) is -1.54. The Morgan fingerprint density at radius 2 is 1.65 bits per heavy atom. The number of nitrogens with zero attached hydrogens (tertiary/aromatic N) is 4. The molecule has 0 spiro atoms. The van der Waals surface area contributed by atoms with Gasteiger partial charge in [0.2, 0.25) is 11.9 Å². The van der Waals surface area contributed by atoms with Crippen molar-refractivity contribution >= 4 is 17.0 Å². The molecule has 1 N–H and O–H groups in total. The highest BCUT2D eigenvalue weighted by atomic mass is 19.1. The van der Waals surface area contributed by atoms with Crippen molar-refractivity contribution in [2.45, 2.75) is 34.1 Å². The van der Waals surface area contributed by atoms with Crippen molar-refractivity contribution < 1.29 is 13.2 Å². The summed E-state index contributed by atoms with van der Waals surface area (Å²) in [4.78, 5) is 22.5. The average molecular weight is 435 g/mol.